The summed E-state index contributed by atoms with van der Waals surface area (Å²) in [6.07, 6.45) is 4.83. The predicted octanol–water partition coefficient (Wildman–Crippen LogP) is 10.4. The molecular weight excluding hydrogens is 956 g/mol. The topological polar surface area (TPSA) is 265 Å². The summed E-state index contributed by atoms with van der Waals surface area (Å²) in [6, 6.07) is 0. The van der Waals surface area contributed by atoms with Crippen LogP contribution in [0, 0.1) is 0 Å². The summed E-state index contributed by atoms with van der Waals surface area (Å²) >= 11 is -3.00. The number of hydrogen-bond acceptors (Lipinski definition) is 11. The molecule has 340 valence electrons. The van der Waals surface area contributed by atoms with Crippen LogP contribution < -0.4 is 0 Å². The standard InChI is InChI=1S/C6H16O4P2.6C4H11O2P.Al.Zn/c1-3-11(7,8)5-6-12(9,10)4-2;6*1-3-7(5,6)4-2;;/h3-6H2,1-2H3,(H,7,8)(H,9,10);6*3-4H2,1-2H3,(H,5,6);;/q;;;;;;;+3;/p-3. The summed E-state index contributed by atoms with van der Waals surface area (Å²) in [7, 11) is -22.8. The van der Waals surface area contributed by atoms with Crippen molar-refractivity contribution in [3.05, 3.63) is 0 Å². The molecule has 2 atom stereocenters. The van der Waals surface area contributed by atoms with E-state index in [9.17, 15) is 36.5 Å². The molecule has 0 aromatic carbocycles. The number of hydrogen-bond donors (Lipinski definition) is 5. The molecule has 0 saturated heterocycles. The van der Waals surface area contributed by atoms with Crippen molar-refractivity contribution in [1.29, 1.82) is 0 Å². The van der Waals surface area contributed by atoms with Gasteiger partial charge in [0.2, 0.25) is 14.7 Å². The Morgan fingerprint density at radius 3 is 0.536 bits per heavy atom. The Morgan fingerprint density at radius 2 is 0.446 bits per heavy atom. The van der Waals surface area contributed by atoms with E-state index in [1.165, 1.54) is 0 Å². The molecular formula is C30H79AlO16P8Zn. The first-order valence-electron chi connectivity index (χ1n) is 19.2. The molecule has 5 N–H and O–H groups in total. The maximum Gasteiger partial charge on any atom is 0.921 e. The van der Waals surface area contributed by atoms with Gasteiger partial charge in [-0.1, -0.05) is 96.9 Å². The smallest absolute Gasteiger partial charge is 0.405 e. The van der Waals surface area contributed by atoms with Crippen LogP contribution in [0.15, 0.2) is 0 Å². The summed E-state index contributed by atoms with van der Waals surface area (Å²) < 4.78 is 108. The fourth-order valence-electron chi connectivity index (χ4n) is 2.95. The van der Waals surface area contributed by atoms with Crippen LogP contribution in [-0.2, 0) is 66.7 Å². The zero-order valence-electron chi connectivity index (χ0n) is 36.9. The van der Waals surface area contributed by atoms with Crippen molar-refractivity contribution in [2.45, 2.75) is 96.9 Å². The average molecular weight is 1040 g/mol. The Bertz CT molecular complexity index is 1210. The van der Waals surface area contributed by atoms with Crippen molar-refractivity contribution in [2.75, 3.05) is 98.6 Å². The van der Waals surface area contributed by atoms with Gasteiger partial charge >= 0.3 is 15.1 Å². The minimum atomic E-state index is -3.12. The molecule has 26 heteroatoms. The molecule has 0 rings (SSSR count). The summed E-state index contributed by atoms with van der Waals surface area (Å²) in [5, 5.41) is 0. The first-order chi connectivity index (χ1) is 24.8. The number of rotatable bonds is 23. The van der Waals surface area contributed by atoms with E-state index in [-0.39, 0.29) is 44.1 Å². The molecule has 0 heterocycles. The van der Waals surface area contributed by atoms with E-state index >= 15 is 0 Å². The Labute approximate surface area is 358 Å². The molecule has 0 aliphatic carbocycles. The molecule has 16 nitrogen and oxygen atoms in total. The van der Waals surface area contributed by atoms with Gasteiger partial charge in [0.25, 0.3) is 0 Å². The van der Waals surface area contributed by atoms with Crippen LogP contribution in [0.25, 0.3) is 0 Å². The first-order valence-corrected chi connectivity index (χ1v) is 36.7. The van der Waals surface area contributed by atoms with Crippen LogP contribution in [-0.4, -0.2) is 138 Å². The third-order valence-corrected chi connectivity index (χ3v) is 31.0. The molecule has 0 fully saturated rings. The van der Waals surface area contributed by atoms with Gasteiger partial charge in [-0.3, -0.25) is 36.5 Å². The van der Waals surface area contributed by atoms with Gasteiger partial charge in [0.15, 0.2) is 44.2 Å². The first kappa shape index (κ1) is 70.3. The quantitative estimate of drug-likeness (QED) is 0.0470. The van der Waals surface area contributed by atoms with Crippen LogP contribution in [0.3, 0.4) is 0 Å². The molecule has 0 aromatic heterocycles. The van der Waals surface area contributed by atoms with Gasteiger partial charge in [-0.25, -0.2) is 0 Å². The van der Waals surface area contributed by atoms with Gasteiger partial charge in [0, 0.05) is 118 Å². The molecule has 0 aromatic rings. The van der Waals surface area contributed by atoms with Crippen molar-refractivity contribution < 1.29 is 91.2 Å². The third-order valence-electron chi connectivity index (χ3n) is 8.48. The van der Waals surface area contributed by atoms with E-state index in [4.69, 9.17) is 35.2 Å². The van der Waals surface area contributed by atoms with Crippen LogP contribution in [0.1, 0.15) is 96.9 Å². The van der Waals surface area contributed by atoms with Crippen molar-refractivity contribution in [3.63, 3.8) is 0 Å². The Balaban J connectivity index is -0.000000154. The summed E-state index contributed by atoms with van der Waals surface area (Å²) in [5.74, 6) is 0. The summed E-state index contributed by atoms with van der Waals surface area (Å²) in [4.78, 5) is 44.3. The van der Waals surface area contributed by atoms with E-state index in [0.717, 1.165) is 0 Å². The van der Waals surface area contributed by atoms with Gasteiger partial charge < -0.3 is 35.2 Å². The molecule has 56 heavy (non-hydrogen) atoms. The fraction of sp³-hybridized carbons (Fsp3) is 1.00. The molecule has 0 bridgehead atoms. The molecule has 0 aliphatic heterocycles. The Morgan fingerprint density at radius 1 is 0.304 bits per heavy atom. The predicted molar refractivity (Wildman–Crippen MR) is 238 cm³/mol. The van der Waals surface area contributed by atoms with Crippen molar-refractivity contribution >= 4 is 74.1 Å². The summed E-state index contributed by atoms with van der Waals surface area (Å²) in [6.45, 7) is 24.2. The van der Waals surface area contributed by atoms with Crippen molar-refractivity contribution in [2.24, 2.45) is 0 Å². The second-order valence-electron chi connectivity index (χ2n) is 12.2. The van der Waals surface area contributed by atoms with Crippen molar-refractivity contribution in [3.8, 4) is 0 Å². The average Bonchev–Trinajstić information content (AvgIpc) is 3.17. The molecule has 0 aliphatic rings. The van der Waals surface area contributed by atoms with E-state index in [1.54, 1.807) is 96.9 Å². The van der Waals surface area contributed by atoms with Crippen LogP contribution in [0.4, 0.5) is 0 Å². The van der Waals surface area contributed by atoms with Crippen molar-refractivity contribution in [1.82, 2.24) is 0 Å². The van der Waals surface area contributed by atoms with Crippen LogP contribution in [0.5, 0.6) is 0 Å². The summed E-state index contributed by atoms with van der Waals surface area (Å²) in [5.41, 5.74) is 0. The molecule has 0 radical (unpaired) electrons. The van der Waals surface area contributed by atoms with Crippen LogP contribution in [0.2, 0.25) is 0 Å². The SMILES string of the molecule is CCP(=O)(CC)[O][Al]([O]P(=O)(CC)CC)[O]P(=O)(CC)CC.CCP(=O)(O)CC.CCP(=O)(O)CC.CCP(=O)(O)CC.CCP(=O)(O)CCP(=O)(O)CC.[Zn]. The third kappa shape index (κ3) is 39.5. The van der Waals surface area contributed by atoms with Gasteiger partial charge in [-0.2, -0.15) is 0 Å². The minimum Gasteiger partial charge on any atom is -0.405 e. The second kappa shape index (κ2) is 35.1. The van der Waals surface area contributed by atoms with E-state index < -0.39 is 74.1 Å². The maximum atomic E-state index is 12.6. The van der Waals surface area contributed by atoms with Crippen LogP contribution >= 0.6 is 59.0 Å². The maximum absolute atomic E-state index is 12.6. The zero-order chi connectivity index (χ0) is 45.0. The van der Waals surface area contributed by atoms with Gasteiger partial charge in [0.1, 0.15) is 0 Å². The van der Waals surface area contributed by atoms with E-state index in [0.29, 0.717) is 73.9 Å². The fourth-order valence-corrected chi connectivity index (χ4v) is 17.6. The van der Waals surface area contributed by atoms with E-state index in [2.05, 4.69) is 0 Å². The molecule has 0 saturated carbocycles. The van der Waals surface area contributed by atoms with E-state index in [1.807, 2.05) is 0 Å². The Hall–Kier alpha value is 2.68. The largest absolute Gasteiger partial charge is 0.921 e. The van der Waals surface area contributed by atoms with Gasteiger partial charge in [-0.05, 0) is 0 Å². The molecule has 0 amide bonds. The van der Waals surface area contributed by atoms with Gasteiger partial charge in [0.05, 0.1) is 0 Å². The second-order valence-corrected chi connectivity index (χ2v) is 38.4. The monoisotopic (exact) mass is 1030 g/mol. The zero-order valence-corrected chi connectivity index (χ0v) is 48.2. The van der Waals surface area contributed by atoms with Gasteiger partial charge in [-0.15, -0.1) is 0 Å². The minimum absolute atomic E-state index is 0. The Kier molecular flexibility index (Phi) is 44.1. The molecule has 2 unspecified atom stereocenters. The normalized spacial score (nSPS) is 14.3. The molecule has 0 spiro atoms.